The molecule has 166 valence electrons. The zero-order valence-corrected chi connectivity index (χ0v) is 18.0. The Morgan fingerprint density at radius 1 is 0.618 bits per heavy atom. The summed E-state index contributed by atoms with van der Waals surface area (Å²) < 4.78 is 0. The fourth-order valence-electron chi connectivity index (χ4n) is 5.96. The van der Waals surface area contributed by atoms with Gasteiger partial charge >= 0.3 is 11.9 Å². The average Bonchev–Trinajstić information content (AvgIpc) is 2.90. The van der Waals surface area contributed by atoms with Crippen LogP contribution in [0.15, 0.2) is 84.9 Å². The molecule has 34 heavy (non-hydrogen) atoms. The Bertz CT molecular complexity index is 1510. The van der Waals surface area contributed by atoms with Crippen LogP contribution < -0.4 is 0 Å². The summed E-state index contributed by atoms with van der Waals surface area (Å²) in [4.78, 5) is 38.0. The SMILES string of the molecule is O=C1c2ccccc2[C@@H]2[C@H](C(=O)O)[C@H](C(=O)O)[C@@H]2c2ccc(-c3cccc4ccccc34)cc21. The third-order valence-electron chi connectivity index (χ3n) is 7.44. The molecule has 2 aliphatic carbocycles. The number of benzene rings is 4. The summed E-state index contributed by atoms with van der Waals surface area (Å²) in [7, 11) is 0. The number of carboxylic acid groups (broad SMARTS) is 2. The molecule has 1 saturated carbocycles. The molecule has 0 unspecified atom stereocenters. The lowest BCUT2D eigenvalue weighted by Crippen LogP contribution is -2.51. The topological polar surface area (TPSA) is 91.7 Å². The van der Waals surface area contributed by atoms with Gasteiger partial charge in [-0.05, 0) is 39.1 Å². The summed E-state index contributed by atoms with van der Waals surface area (Å²) in [6.07, 6.45) is 0. The standard InChI is InChI=1S/C29H20O5/c30-27-21-10-4-3-9-19(21)23-24(26(29(33)34)25(23)28(31)32)20-13-12-16(14-22(20)27)18-11-5-7-15-6-1-2-8-17(15)18/h1-14,23-26H,(H,31,32)(H,33,34)/t23-,24+,25-,26+/m0/s1. The van der Waals surface area contributed by atoms with E-state index < -0.39 is 35.6 Å². The number of rotatable bonds is 3. The predicted octanol–water partition coefficient (Wildman–Crippen LogP) is 5.33. The van der Waals surface area contributed by atoms with Crippen molar-refractivity contribution in [3.8, 4) is 11.1 Å². The van der Waals surface area contributed by atoms with Crippen LogP contribution in [0.25, 0.3) is 21.9 Å². The second kappa shape index (κ2) is 7.39. The maximum atomic E-state index is 13.8. The first-order chi connectivity index (χ1) is 16.5. The molecule has 2 aliphatic rings. The first-order valence-electron chi connectivity index (χ1n) is 11.2. The summed E-state index contributed by atoms with van der Waals surface area (Å²) in [5.41, 5.74) is 3.96. The van der Waals surface area contributed by atoms with Crippen molar-refractivity contribution in [1.82, 2.24) is 0 Å². The normalized spacial score (nSPS) is 22.6. The van der Waals surface area contributed by atoms with Gasteiger partial charge in [0.2, 0.25) is 0 Å². The van der Waals surface area contributed by atoms with E-state index in [-0.39, 0.29) is 5.78 Å². The number of fused-ring (bicyclic) bond motifs is 6. The van der Waals surface area contributed by atoms with Crippen molar-refractivity contribution >= 4 is 28.5 Å². The fraction of sp³-hybridized carbons (Fsp3) is 0.138. The van der Waals surface area contributed by atoms with Gasteiger partial charge in [0, 0.05) is 23.0 Å². The van der Waals surface area contributed by atoms with Crippen molar-refractivity contribution < 1.29 is 24.6 Å². The molecule has 5 nitrogen and oxygen atoms in total. The van der Waals surface area contributed by atoms with Gasteiger partial charge in [0.1, 0.15) is 0 Å². The fourth-order valence-corrected chi connectivity index (χ4v) is 5.96. The Morgan fingerprint density at radius 2 is 1.21 bits per heavy atom. The van der Waals surface area contributed by atoms with Gasteiger partial charge in [0.25, 0.3) is 0 Å². The quantitative estimate of drug-likeness (QED) is 0.442. The first-order valence-corrected chi connectivity index (χ1v) is 11.2. The smallest absolute Gasteiger partial charge is 0.308 e. The van der Waals surface area contributed by atoms with E-state index in [1.165, 1.54) is 0 Å². The number of aliphatic carboxylic acids is 2. The molecule has 2 N–H and O–H groups in total. The Balaban J connectivity index is 1.59. The minimum Gasteiger partial charge on any atom is -0.481 e. The van der Waals surface area contributed by atoms with Crippen LogP contribution in [-0.2, 0) is 9.59 Å². The van der Waals surface area contributed by atoms with E-state index in [4.69, 9.17) is 0 Å². The van der Waals surface area contributed by atoms with Gasteiger partial charge in [-0.25, -0.2) is 0 Å². The van der Waals surface area contributed by atoms with Gasteiger partial charge in [-0.1, -0.05) is 78.9 Å². The van der Waals surface area contributed by atoms with Crippen molar-refractivity contribution in [3.63, 3.8) is 0 Å². The molecule has 0 amide bonds. The highest BCUT2D eigenvalue weighted by molar-refractivity contribution is 6.13. The van der Waals surface area contributed by atoms with Crippen LogP contribution in [0.3, 0.4) is 0 Å². The van der Waals surface area contributed by atoms with Gasteiger partial charge in [0.15, 0.2) is 5.78 Å². The Kier molecular flexibility index (Phi) is 4.42. The van der Waals surface area contributed by atoms with Gasteiger partial charge in [0.05, 0.1) is 11.8 Å². The van der Waals surface area contributed by atoms with Crippen molar-refractivity contribution in [2.75, 3.05) is 0 Å². The van der Waals surface area contributed by atoms with Crippen molar-refractivity contribution in [2.24, 2.45) is 11.8 Å². The molecule has 1 fully saturated rings. The second-order valence-corrected chi connectivity index (χ2v) is 9.02. The maximum Gasteiger partial charge on any atom is 0.308 e. The maximum absolute atomic E-state index is 13.8. The van der Waals surface area contributed by atoms with E-state index in [0.29, 0.717) is 22.3 Å². The molecular formula is C29H20O5. The largest absolute Gasteiger partial charge is 0.481 e. The zero-order chi connectivity index (χ0) is 23.6. The minimum atomic E-state index is -1.15. The highest BCUT2D eigenvalue weighted by Gasteiger charge is 2.60. The van der Waals surface area contributed by atoms with Gasteiger partial charge in [-0.15, -0.1) is 0 Å². The van der Waals surface area contributed by atoms with Crippen molar-refractivity contribution in [3.05, 3.63) is 107 Å². The molecule has 0 aliphatic heterocycles. The highest BCUT2D eigenvalue weighted by atomic mass is 16.4. The number of hydrogen-bond acceptors (Lipinski definition) is 3. The Hall–Kier alpha value is -4.25. The summed E-state index contributed by atoms with van der Waals surface area (Å²) >= 11 is 0. The molecule has 4 atom stereocenters. The molecule has 6 rings (SSSR count). The molecule has 4 aromatic carbocycles. The van der Waals surface area contributed by atoms with Crippen LogP contribution in [0.1, 0.15) is 38.9 Å². The summed E-state index contributed by atoms with van der Waals surface area (Å²) in [6.45, 7) is 0. The summed E-state index contributed by atoms with van der Waals surface area (Å²) in [5, 5.41) is 21.9. The molecular weight excluding hydrogens is 428 g/mol. The molecule has 0 spiro atoms. The average molecular weight is 448 g/mol. The molecule has 0 radical (unpaired) electrons. The van der Waals surface area contributed by atoms with Gasteiger partial charge < -0.3 is 10.2 Å². The van der Waals surface area contributed by atoms with Crippen LogP contribution in [0.2, 0.25) is 0 Å². The molecule has 0 heterocycles. The lowest BCUT2D eigenvalue weighted by molar-refractivity contribution is -0.164. The number of carbonyl (C=O) groups is 3. The number of ketones is 1. The summed E-state index contributed by atoms with van der Waals surface area (Å²) in [5.74, 6) is -5.82. The van der Waals surface area contributed by atoms with Crippen LogP contribution in [-0.4, -0.2) is 27.9 Å². The lowest BCUT2D eigenvalue weighted by Gasteiger charge is -2.48. The van der Waals surface area contributed by atoms with E-state index in [1.54, 1.807) is 24.3 Å². The van der Waals surface area contributed by atoms with Crippen LogP contribution in [0.4, 0.5) is 0 Å². The molecule has 0 bridgehead atoms. The van der Waals surface area contributed by atoms with E-state index in [0.717, 1.165) is 21.9 Å². The van der Waals surface area contributed by atoms with Crippen LogP contribution in [0.5, 0.6) is 0 Å². The third-order valence-corrected chi connectivity index (χ3v) is 7.44. The monoisotopic (exact) mass is 448 g/mol. The Labute approximate surface area is 195 Å². The van der Waals surface area contributed by atoms with Crippen molar-refractivity contribution in [1.29, 1.82) is 0 Å². The molecule has 0 aromatic heterocycles. The lowest BCUT2D eigenvalue weighted by atomic mass is 9.52. The first kappa shape index (κ1) is 20.4. The predicted molar refractivity (Wildman–Crippen MR) is 127 cm³/mol. The van der Waals surface area contributed by atoms with Crippen LogP contribution >= 0.6 is 0 Å². The molecule has 0 saturated heterocycles. The molecule has 4 aromatic rings. The zero-order valence-electron chi connectivity index (χ0n) is 18.0. The number of hydrogen-bond donors (Lipinski definition) is 2. The van der Waals surface area contributed by atoms with E-state index in [2.05, 4.69) is 0 Å². The Morgan fingerprint density at radius 3 is 1.94 bits per heavy atom. The van der Waals surface area contributed by atoms with Crippen LogP contribution in [0, 0.1) is 11.8 Å². The van der Waals surface area contributed by atoms with E-state index in [9.17, 15) is 24.6 Å². The second-order valence-electron chi connectivity index (χ2n) is 9.02. The van der Waals surface area contributed by atoms with Gasteiger partial charge in [-0.3, -0.25) is 14.4 Å². The third kappa shape index (κ3) is 2.76. The van der Waals surface area contributed by atoms with Crippen molar-refractivity contribution in [2.45, 2.75) is 11.8 Å². The van der Waals surface area contributed by atoms with Gasteiger partial charge in [-0.2, -0.15) is 0 Å². The summed E-state index contributed by atoms with van der Waals surface area (Å²) in [6, 6.07) is 26.6. The number of carboxylic acids is 2. The van der Waals surface area contributed by atoms with E-state index in [1.807, 2.05) is 60.7 Å². The minimum absolute atomic E-state index is 0.199. The molecule has 5 heteroatoms. The highest BCUT2D eigenvalue weighted by Crippen LogP contribution is 2.60. The van der Waals surface area contributed by atoms with E-state index >= 15 is 0 Å². The number of carbonyl (C=O) groups excluding carboxylic acids is 1.